The lowest BCUT2D eigenvalue weighted by molar-refractivity contribution is -0.146. The number of para-hydroxylation sites is 2. The van der Waals surface area contributed by atoms with E-state index in [0.717, 1.165) is 0 Å². The lowest BCUT2D eigenvalue weighted by atomic mass is 10.2. The number of hydrogen-bond donors (Lipinski definition) is 3. The first-order valence-corrected chi connectivity index (χ1v) is 5.99. The summed E-state index contributed by atoms with van der Waals surface area (Å²) in [6.07, 6.45) is -0.203. The third-order valence-electron chi connectivity index (χ3n) is 2.67. The van der Waals surface area contributed by atoms with Crippen molar-refractivity contribution in [1.29, 1.82) is 0 Å². The van der Waals surface area contributed by atoms with Crippen LogP contribution >= 0.6 is 0 Å². The number of benzene rings is 1. The van der Waals surface area contributed by atoms with Crippen LogP contribution in [0.25, 0.3) is 11.0 Å². The van der Waals surface area contributed by atoms with Crippen molar-refractivity contribution < 1.29 is 19.8 Å². The summed E-state index contributed by atoms with van der Waals surface area (Å²) >= 11 is 0. The molecule has 1 aromatic heterocycles. The van der Waals surface area contributed by atoms with Gasteiger partial charge in [0.1, 0.15) is 5.69 Å². The van der Waals surface area contributed by atoms with E-state index in [4.69, 9.17) is 10.2 Å². The van der Waals surface area contributed by atoms with Crippen molar-refractivity contribution in [3.05, 3.63) is 36.2 Å². The van der Waals surface area contributed by atoms with Gasteiger partial charge in [-0.2, -0.15) is 0 Å². The fourth-order valence-corrected chi connectivity index (χ4v) is 1.60. The maximum atomic E-state index is 11.8. The molecule has 1 atom stereocenters. The summed E-state index contributed by atoms with van der Waals surface area (Å²) in [6, 6.07) is 7.15. The average molecular weight is 275 g/mol. The second kappa shape index (κ2) is 6.07. The van der Waals surface area contributed by atoms with Crippen LogP contribution < -0.4 is 5.32 Å². The summed E-state index contributed by atoms with van der Waals surface area (Å²) in [7, 11) is 0. The molecule has 7 heteroatoms. The van der Waals surface area contributed by atoms with Crippen LogP contribution in [0, 0.1) is 0 Å². The van der Waals surface area contributed by atoms with Crippen molar-refractivity contribution in [2.24, 2.45) is 0 Å². The van der Waals surface area contributed by atoms with E-state index in [9.17, 15) is 9.59 Å². The topological polar surface area (TPSA) is 112 Å². The van der Waals surface area contributed by atoms with Crippen LogP contribution in [0.15, 0.2) is 30.5 Å². The van der Waals surface area contributed by atoms with Crippen molar-refractivity contribution in [3.63, 3.8) is 0 Å². The number of aromatic nitrogens is 2. The number of carbonyl (C=O) groups is 2. The van der Waals surface area contributed by atoms with Gasteiger partial charge in [-0.1, -0.05) is 12.1 Å². The highest BCUT2D eigenvalue weighted by molar-refractivity contribution is 5.93. The quantitative estimate of drug-likeness (QED) is 0.718. The zero-order valence-electron chi connectivity index (χ0n) is 10.5. The van der Waals surface area contributed by atoms with Crippen LogP contribution in [0.2, 0.25) is 0 Å². The molecule has 20 heavy (non-hydrogen) atoms. The van der Waals surface area contributed by atoms with Gasteiger partial charge in [0.2, 0.25) is 0 Å². The SMILES string of the molecule is O=C(NCC[C@H](O)C(=O)O)c1cnc2ccccc2n1. The number of carboxylic acids is 1. The van der Waals surface area contributed by atoms with E-state index in [1.807, 2.05) is 6.07 Å². The van der Waals surface area contributed by atoms with Crippen molar-refractivity contribution in [1.82, 2.24) is 15.3 Å². The number of amides is 1. The predicted octanol–water partition coefficient (Wildman–Crippen LogP) is 0.195. The summed E-state index contributed by atoms with van der Waals surface area (Å²) in [5, 5.41) is 20.1. The molecule has 2 rings (SSSR count). The van der Waals surface area contributed by atoms with Crippen LogP contribution in [-0.2, 0) is 4.79 Å². The molecule has 0 aliphatic carbocycles. The van der Waals surface area contributed by atoms with E-state index in [-0.39, 0.29) is 18.7 Å². The number of hydrogen-bond acceptors (Lipinski definition) is 5. The number of fused-ring (bicyclic) bond motifs is 1. The van der Waals surface area contributed by atoms with Crippen LogP contribution in [0.5, 0.6) is 0 Å². The molecule has 0 bridgehead atoms. The van der Waals surface area contributed by atoms with E-state index >= 15 is 0 Å². The minimum absolute atomic E-state index is 0.0425. The van der Waals surface area contributed by atoms with Crippen LogP contribution in [0.1, 0.15) is 16.9 Å². The van der Waals surface area contributed by atoms with E-state index in [2.05, 4.69) is 15.3 Å². The zero-order chi connectivity index (χ0) is 14.5. The largest absolute Gasteiger partial charge is 0.479 e. The van der Waals surface area contributed by atoms with Crippen molar-refractivity contribution in [2.45, 2.75) is 12.5 Å². The molecule has 3 N–H and O–H groups in total. The Morgan fingerprint density at radius 3 is 2.65 bits per heavy atom. The number of rotatable bonds is 5. The highest BCUT2D eigenvalue weighted by Gasteiger charge is 2.14. The fourth-order valence-electron chi connectivity index (χ4n) is 1.60. The average Bonchev–Trinajstić information content (AvgIpc) is 2.46. The lowest BCUT2D eigenvalue weighted by Crippen LogP contribution is -2.30. The lowest BCUT2D eigenvalue weighted by Gasteiger charge is -2.07. The Hall–Kier alpha value is -2.54. The number of carbonyl (C=O) groups excluding carboxylic acids is 1. The molecular weight excluding hydrogens is 262 g/mol. The smallest absolute Gasteiger partial charge is 0.332 e. The zero-order valence-corrected chi connectivity index (χ0v) is 10.5. The Balaban J connectivity index is 1.99. The molecule has 0 radical (unpaired) electrons. The molecule has 0 saturated carbocycles. The fraction of sp³-hybridized carbons (Fsp3) is 0.231. The molecule has 104 valence electrons. The van der Waals surface area contributed by atoms with Gasteiger partial charge >= 0.3 is 5.97 Å². The number of nitrogens with one attached hydrogen (secondary N) is 1. The molecule has 0 aliphatic rings. The molecule has 0 unspecified atom stereocenters. The monoisotopic (exact) mass is 275 g/mol. The van der Waals surface area contributed by atoms with Gasteiger partial charge in [-0.25, -0.2) is 9.78 Å². The third kappa shape index (κ3) is 3.27. The number of nitrogens with zero attached hydrogens (tertiary/aromatic N) is 2. The summed E-state index contributed by atoms with van der Waals surface area (Å²) in [5.41, 5.74) is 1.43. The normalized spacial score (nSPS) is 12.1. The van der Waals surface area contributed by atoms with E-state index < -0.39 is 18.0 Å². The van der Waals surface area contributed by atoms with E-state index in [1.165, 1.54) is 6.20 Å². The third-order valence-corrected chi connectivity index (χ3v) is 2.67. The Labute approximate surface area is 114 Å². The molecule has 0 aliphatic heterocycles. The second-order valence-corrected chi connectivity index (χ2v) is 4.14. The van der Waals surface area contributed by atoms with Gasteiger partial charge in [0.15, 0.2) is 6.10 Å². The van der Waals surface area contributed by atoms with Crippen molar-refractivity contribution in [2.75, 3.05) is 6.54 Å². The maximum Gasteiger partial charge on any atom is 0.332 e. The number of aliphatic hydroxyl groups is 1. The second-order valence-electron chi connectivity index (χ2n) is 4.14. The number of carboxylic acid groups (broad SMARTS) is 1. The summed E-state index contributed by atoms with van der Waals surface area (Å²) in [6.45, 7) is 0.0425. The van der Waals surface area contributed by atoms with Gasteiger partial charge in [-0.15, -0.1) is 0 Å². The van der Waals surface area contributed by atoms with Gasteiger partial charge in [-0.05, 0) is 12.1 Å². The van der Waals surface area contributed by atoms with Crippen LogP contribution in [0.4, 0.5) is 0 Å². The molecule has 0 spiro atoms. The standard InChI is InChI=1S/C13H13N3O4/c17-11(13(19)20)5-6-14-12(18)10-7-15-8-3-1-2-4-9(8)16-10/h1-4,7,11,17H,5-6H2,(H,14,18)(H,19,20)/t11-/m0/s1. The van der Waals surface area contributed by atoms with Gasteiger partial charge in [0.05, 0.1) is 17.2 Å². The predicted molar refractivity (Wildman–Crippen MR) is 70.1 cm³/mol. The van der Waals surface area contributed by atoms with Crippen molar-refractivity contribution in [3.8, 4) is 0 Å². The number of aliphatic hydroxyl groups excluding tert-OH is 1. The molecule has 1 aromatic carbocycles. The Kier molecular flexibility index (Phi) is 4.21. The maximum absolute atomic E-state index is 11.8. The highest BCUT2D eigenvalue weighted by atomic mass is 16.4. The molecule has 0 saturated heterocycles. The van der Waals surface area contributed by atoms with Gasteiger partial charge in [-0.3, -0.25) is 9.78 Å². The molecule has 7 nitrogen and oxygen atoms in total. The van der Waals surface area contributed by atoms with Crippen LogP contribution in [0.3, 0.4) is 0 Å². The number of aliphatic carboxylic acids is 1. The summed E-state index contributed by atoms with van der Waals surface area (Å²) in [4.78, 5) is 30.5. The molecular formula is C13H13N3O4. The van der Waals surface area contributed by atoms with Crippen LogP contribution in [-0.4, -0.2) is 44.7 Å². The van der Waals surface area contributed by atoms with Crippen molar-refractivity contribution >= 4 is 22.9 Å². The highest BCUT2D eigenvalue weighted by Crippen LogP contribution is 2.08. The summed E-state index contributed by atoms with van der Waals surface area (Å²) in [5.74, 6) is -1.77. The molecule has 1 amide bonds. The minimum atomic E-state index is -1.49. The Bertz CT molecular complexity index is 644. The molecule has 1 heterocycles. The summed E-state index contributed by atoms with van der Waals surface area (Å²) < 4.78 is 0. The van der Waals surface area contributed by atoms with Gasteiger partial charge in [0, 0.05) is 13.0 Å². The van der Waals surface area contributed by atoms with E-state index in [0.29, 0.717) is 11.0 Å². The Morgan fingerprint density at radius 1 is 1.25 bits per heavy atom. The molecule has 2 aromatic rings. The Morgan fingerprint density at radius 2 is 1.95 bits per heavy atom. The first kappa shape index (κ1) is 13.9. The minimum Gasteiger partial charge on any atom is -0.479 e. The first-order chi connectivity index (χ1) is 9.58. The first-order valence-electron chi connectivity index (χ1n) is 5.99. The van der Waals surface area contributed by atoms with Gasteiger partial charge < -0.3 is 15.5 Å². The van der Waals surface area contributed by atoms with E-state index in [1.54, 1.807) is 18.2 Å². The molecule has 0 fully saturated rings. The van der Waals surface area contributed by atoms with Gasteiger partial charge in [0.25, 0.3) is 5.91 Å².